The Kier molecular flexibility index (Phi) is 5.91. The van der Waals surface area contributed by atoms with Crippen LogP contribution in [0, 0.1) is 0 Å². The zero-order chi connectivity index (χ0) is 17.6. The second kappa shape index (κ2) is 8.34. The van der Waals surface area contributed by atoms with Crippen molar-refractivity contribution in [1.82, 2.24) is 10.4 Å². The second-order valence-corrected chi connectivity index (χ2v) is 6.94. The number of rotatable bonds is 5. The minimum atomic E-state index is -0.209. The van der Waals surface area contributed by atoms with Gasteiger partial charge in [-0.15, -0.1) is 11.8 Å². The van der Waals surface area contributed by atoms with Crippen LogP contribution in [0.15, 0.2) is 64.7 Å². The third-order valence-electron chi connectivity index (χ3n) is 3.31. The molecule has 0 unspecified atom stereocenters. The van der Waals surface area contributed by atoms with E-state index in [4.69, 9.17) is 23.2 Å². The molecular formula is C18H13Cl2N3OS. The van der Waals surface area contributed by atoms with Crippen LogP contribution in [0.4, 0.5) is 0 Å². The molecule has 0 saturated heterocycles. The summed E-state index contributed by atoms with van der Waals surface area (Å²) in [6, 6.07) is 14.8. The molecule has 1 N–H and O–H groups in total. The van der Waals surface area contributed by atoms with Gasteiger partial charge in [-0.3, -0.25) is 9.78 Å². The molecule has 0 bridgehead atoms. The summed E-state index contributed by atoms with van der Waals surface area (Å²) in [6.07, 6.45) is 3.23. The molecule has 25 heavy (non-hydrogen) atoms. The van der Waals surface area contributed by atoms with E-state index in [1.165, 1.54) is 18.0 Å². The number of nitrogens with zero attached hydrogens (tertiary/aromatic N) is 2. The van der Waals surface area contributed by atoms with E-state index in [1.54, 1.807) is 24.4 Å². The summed E-state index contributed by atoms with van der Waals surface area (Å²) >= 11 is 13.3. The minimum absolute atomic E-state index is 0.209. The van der Waals surface area contributed by atoms with Crippen LogP contribution in [0.5, 0.6) is 0 Å². The molecule has 1 heterocycles. The molecule has 0 aliphatic carbocycles. The number of aromatic nitrogens is 1. The van der Waals surface area contributed by atoms with Crippen LogP contribution in [0.3, 0.4) is 0 Å². The number of hydrogen-bond donors (Lipinski definition) is 1. The molecular weight excluding hydrogens is 377 g/mol. The van der Waals surface area contributed by atoms with Gasteiger partial charge in [-0.25, -0.2) is 5.43 Å². The lowest BCUT2D eigenvalue weighted by molar-refractivity contribution is -0.118. The molecule has 3 aromatic rings. The lowest BCUT2D eigenvalue weighted by Gasteiger charge is -2.04. The highest BCUT2D eigenvalue weighted by Gasteiger charge is 2.06. The second-order valence-electron chi connectivity index (χ2n) is 5.08. The highest BCUT2D eigenvalue weighted by Crippen LogP contribution is 2.25. The molecule has 4 nitrogen and oxygen atoms in total. The van der Waals surface area contributed by atoms with Crippen molar-refractivity contribution in [3.63, 3.8) is 0 Å². The minimum Gasteiger partial charge on any atom is -0.272 e. The molecule has 3 rings (SSSR count). The fourth-order valence-corrected chi connectivity index (χ4v) is 3.44. The number of halogens is 2. The summed E-state index contributed by atoms with van der Waals surface area (Å²) in [5, 5.41) is 5.99. The van der Waals surface area contributed by atoms with Gasteiger partial charge in [0.2, 0.25) is 5.91 Å². The number of nitrogens with one attached hydrogen (secondary N) is 1. The number of thioether (sulfide) groups is 1. The zero-order valence-corrected chi connectivity index (χ0v) is 15.3. The average molecular weight is 390 g/mol. The first-order valence-electron chi connectivity index (χ1n) is 7.37. The SMILES string of the molecule is O=C(CSc1cccc2cccnc12)N/N=C/c1ccc(Cl)cc1Cl. The van der Waals surface area contributed by atoms with Crippen molar-refractivity contribution in [3.05, 3.63) is 70.3 Å². The Balaban J connectivity index is 1.58. The first-order chi connectivity index (χ1) is 12.1. The van der Waals surface area contributed by atoms with Crippen molar-refractivity contribution in [2.24, 2.45) is 5.10 Å². The van der Waals surface area contributed by atoms with Gasteiger partial charge in [-0.05, 0) is 24.3 Å². The molecule has 2 aromatic carbocycles. The van der Waals surface area contributed by atoms with Gasteiger partial charge in [0.15, 0.2) is 0 Å². The van der Waals surface area contributed by atoms with E-state index < -0.39 is 0 Å². The van der Waals surface area contributed by atoms with Gasteiger partial charge in [-0.2, -0.15) is 5.10 Å². The Labute approximate surface area is 159 Å². The van der Waals surface area contributed by atoms with Crippen LogP contribution in [0.1, 0.15) is 5.56 Å². The van der Waals surface area contributed by atoms with Gasteiger partial charge in [0.1, 0.15) is 0 Å². The van der Waals surface area contributed by atoms with Gasteiger partial charge in [-0.1, -0.05) is 47.5 Å². The molecule has 0 radical (unpaired) electrons. The highest BCUT2D eigenvalue weighted by atomic mass is 35.5. The summed E-state index contributed by atoms with van der Waals surface area (Å²) in [6.45, 7) is 0. The summed E-state index contributed by atoms with van der Waals surface area (Å²) in [7, 11) is 0. The predicted octanol–water partition coefficient (Wildman–Crippen LogP) is 4.78. The predicted molar refractivity (Wildman–Crippen MR) is 105 cm³/mol. The van der Waals surface area contributed by atoms with Crippen molar-refractivity contribution in [2.45, 2.75) is 4.90 Å². The van der Waals surface area contributed by atoms with Crippen molar-refractivity contribution in [3.8, 4) is 0 Å². The third kappa shape index (κ3) is 4.72. The van der Waals surface area contributed by atoms with E-state index in [0.717, 1.165) is 15.8 Å². The lowest BCUT2D eigenvalue weighted by atomic mass is 10.2. The van der Waals surface area contributed by atoms with Crippen LogP contribution in [0.2, 0.25) is 10.0 Å². The van der Waals surface area contributed by atoms with Crippen molar-refractivity contribution in [1.29, 1.82) is 0 Å². The van der Waals surface area contributed by atoms with Crippen LogP contribution < -0.4 is 5.43 Å². The van der Waals surface area contributed by atoms with Gasteiger partial charge in [0.05, 0.1) is 22.5 Å². The molecule has 0 fully saturated rings. The quantitative estimate of drug-likeness (QED) is 0.387. The molecule has 0 saturated carbocycles. The number of hydrogen-bond acceptors (Lipinski definition) is 4. The Hall–Kier alpha value is -2.08. The molecule has 7 heteroatoms. The maximum Gasteiger partial charge on any atom is 0.250 e. The Bertz CT molecular complexity index is 941. The van der Waals surface area contributed by atoms with Crippen LogP contribution >= 0.6 is 35.0 Å². The molecule has 0 aliphatic heterocycles. The summed E-state index contributed by atoms with van der Waals surface area (Å²) < 4.78 is 0. The first-order valence-corrected chi connectivity index (χ1v) is 9.11. The Morgan fingerprint density at radius 2 is 2.04 bits per heavy atom. The van der Waals surface area contributed by atoms with Gasteiger partial charge in [0.25, 0.3) is 0 Å². The smallest absolute Gasteiger partial charge is 0.250 e. The fraction of sp³-hybridized carbons (Fsp3) is 0.0556. The molecule has 1 aromatic heterocycles. The number of hydrazone groups is 1. The van der Waals surface area contributed by atoms with Gasteiger partial charge in [0, 0.05) is 27.1 Å². The third-order valence-corrected chi connectivity index (χ3v) is 4.92. The Morgan fingerprint density at radius 1 is 1.20 bits per heavy atom. The number of carbonyl (C=O) groups is 1. The summed E-state index contributed by atoms with van der Waals surface area (Å²) in [4.78, 5) is 17.3. The van der Waals surface area contributed by atoms with E-state index in [-0.39, 0.29) is 11.7 Å². The fourth-order valence-electron chi connectivity index (χ4n) is 2.15. The van der Waals surface area contributed by atoms with Crippen LogP contribution in [-0.2, 0) is 4.79 Å². The zero-order valence-electron chi connectivity index (χ0n) is 12.9. The lowest BCUT2D eigenvalue weighted by Crippen LogP contribution is -2.19. The topological polar surface area (TPSA) is 54.4 Å². The normalized spacial score (nSPS) is 11.1. The average Bonchev–Trinajstić information content (AvgIpc) is 2.62. The number of amides is 1. The molecule has 0 spiro atoms. The Morgan fingerprint density at radius 3 is 2.88 bits per heavy atom. The van der Waals surface area contributed by atoms with E-state index in [9.17, 15) is 4.79 Å². The van der Waals surface area contributed by atoms with Crippen molar-refractivity contribution in [2.75, 3.05) is 5.75 Å². The largest absolute Gasteiger partial charge is 0.272 e. The van der Waals surface area contributed by atoms with E-state index in [0.29, 0.717) is 15.6 Å². The molecule has 126 valence electrons. The van der Waals surface area contributed by atoms with E-state index in [1.807, 2.05) is 30.3 Å². The molecule has 0 aliphatic rings. The van der Waals surface area contributed by atoms with Crippen molar-refractivity contribution < 1.29 is 4.79 Å². The van der Waals surface area contributed by atoms with Crippen LogP contribution in [0.25, 0.3) is 10.9 Å². The number of benzene rings is 2. The molecule has 1 amide bonds. The number of fused-ring (bicyclic) bond motifs is 1. The van der Waals surface area contributed by atoms with E-state index in [2.05, 4.69) is 15.5 Å². The van der Waals surface area contributed by atoms with Gasteiger partial charge >= 0.3 is 0 Å². The highest BCUT2D eigenvalue weighted by molar-refractivity contribution is 8.00. The maximum absolute atomic E-state index is 12.0. The monoisotopic (exact) mass is 389 g/mol. The number of para-hydroxylation sites is 1. The number of carbonyl (C=O) groups excluding carboxylic acids is 1. The maximum atomic E-state index is 12.0. The molecule has 0 atom stereocenters. The standard InChI is InChI=1S/C18H13Cl2N3OS/c19-14-7-6-13(15(20)9-14)10-22-23-17(24)11-25-16-5-1-3-12-4-2-8-21-18(12)16/h1-10H,11H2,(H,23,24)/b22-10+. The van der Waals surface area contributed by atoms with Gasteiger partial charge < -0.3 is 0 Å². The first kappa shape index (κ1) is 17.7. The number of pyridine rings is 1. The van der Waals surface area contributed by atoms with Crippen LogP contribution in [-0.4, -0.2) is 22.9 Å². The summed E-state index contributed by atoms with van der Waals surface area (Å²) in [5.74, 6) is 0.0285. The van der Waals surface area contributed by atoms with E-state index >= 15 is 0 Å². The van der Waals surface area contributed by atoms with Crippen molar-refractivity contribution >= 4 is 58.0 Å². The summed E-state index contributed by atoms with van der Waals surface area (Å²) in [5.41, 5.74) is 4.06.